The average Bonchev–Trinajstić information content (AvgIpc) is 2.71. The molecule has 0 radical (unpaired) electrons. The van der Waals surface area contributed by atoms with Gasteiger partial charge in [-0.3, -0.25) is 9.69 Å². The molecule has 1 fully saturated rings. The summed E-state index contributed by atoms with van der Waals surface area (Å²) >= 11 is 6.70. The second-order valence-corrected chi connectivity index (χ2v) is 8.23. The van der Waals surface area contributed by atoms with Crippen molar-refractivity contribution < 1.29 is 13.9 Å². The van der Waals surface area contributed by atoms with Crippen LogP contribution in [0.15, 0.2) is 47.5 Å². The van der Waals surface area contributed by atoms with Crippen LogP contribution in [0.2, 0.25) is 5.02 Å². The molecule has 4 rings (SSSR count). The third kappa shape index (κ3) is 4.00. The van der Waals surface area contributed by atoms with Gasteiger partial charge in [-0.05, 0) is 50.1 Å². The van der Waals surface area contributed by atoms with Crippen LogP contribution in [0.5, 0.6) is 0 Å². The third-order valence-corrected chi connectivity index (χ3v) is 5.98. The molecule has 0 aliphatic carbocycles. The number of benzene rings is 2. The molecule has 0 saturated carbocycles. The van der Waals surface area contributed by atoms with E-state index < -0.39 is 5.54 Å². The summed E-state index contributed by atoms with van der Waals surface area (Å²) in [5.74, 6) is -0.211. The lowest BCUT2D eigenvalue weighted by atomic mass is 9.86. The van der Waals surface area contributed by atoms with Gasteiger partial charge in [0.25, 0.3) is 0 Å². The van der Waals surface area contributed by atoms with Crippen molar-refractivity contribution in [1.82, 2.24) is 4.90 Å². The highest BCUT2D eigenvalue weighted by Crippen LogP contribution is 2.41. The van der Waals surface area contributed by atoms with Gasteiger partial charge < -0.3 is 15.8 Å². The minimum absolute atomic E-state index is 0.0819. The Morgan fingerprint density at radius 1 is 1.30 bits per heavy atom. The summed E-state index contributed by atoms with van der Waals surface area (Å²) in [4.78, 5) is 19.3. The summed E-state index contributed by atoms with van der Waals surface area (Å²) in [5, 5.41) is 3.64. The number of nitrogens with zero attached hydrogens (tertiary/aromatic N) is 2. The molecule has 2 aliphatic heterocycles. The van der Waals surface area contributed by atoms with Crippen LogP contribution < -0.4 is 11.1 Å². The number of guanidine groups is 1. The lowest BCUT2D eigenvalue weighted by Crippen LogP contribution is -2.56. The van der Waals surface area contributed by atoms with E-state index in [4.69, 9.17) is 27.1 Å². The molecule has 0 unspecified atom stereocenters. The van der Waals surface area contributed by atoms with Gasteiger partial charge in [0.15, 0.2) is 5.96 Å². The number of amides is 1. The summed E-state index contributed by atoms with van der Waals surface area (Å²) < 4.78 is 18.7. The van der Waals surface area contributed by atoms with E-state index in [2.05, 4.69) is 5.32 Å². The Balaban J connectivity index is 1.63. The van der Waals surface area contributed by atoms with Gasteiger partial charge in [-0.15, -0.1) is 0 Å². The molecule has 2 heterocycles. The first-order chi connectivity index (χ1) is 14.4. The molecule has 3 N–H and O–H groups in total. The molecule has 1 amide bonds. The summed E-state index contributed by atoms with van der Waals surface area (Å²) in [6.07, 6.45) is 1.89. The molecular weight excluding hydrogens is 407 g/mol. The van der Waals surface area contributed by atoms with E-state index in [0.717, 1.165) is 12.8 Å². The van der Waals surface area contributed by atoms with Crippen LogP contribution in [-0.2, 0) is 15.1 Å². The Hall–Kier alpha value is -2.64. The van der Waals surface area contributed by atoms with Gasteiger partial charge in [-0.2, -0.15) is 0 Å². The van der Waals surface area contributed by atoms with Crippen molar-refractivity contribution in [1.29, 1.82) is 0 Å². The first-order valence-corrected chi connectivity index (χ1v) is 10.3. The molecule has 8 heteroatoms. The minimum Gasteiger partial charge on any atom is -0.379 e. The maximum Gasteiger partial charge on any atom is 0.232 e. The lowest BCUT2D eigenvalue weighted by molar-refractivity contribution is -0.133. The fourth-order valence-electron chi connectivity index (χ4n) is 4.06. The van der Waals surface area contributed by atoms with Crippen LogP contribution in [0.1, 0.15) is 31.7 Å². The molecular formula is C22H24ClFN4O2. The van der Waals surface area contributed by atoms with Gasteiger partial charge in [0.2, 0.25) is 5.91 Å². The molecule has 2 aromatic rings. The fourth-order valence-corrected chi connectivity index (χ4v) is 4.44. The molecule has 2 aromatic carbocycles. The lowest BCUT2D eigenvalue weighted by Gasteiger charge is -2.40. The summed E-state index contributed by atoms with van der Waals surface area (Å²) in [5.41, 5.74) is 7.41. The maximum atomic E-state index is 13.2. The van der Waals surface area contributed by atoms with E-state index in [1.165, 1.54) is 12.1 Å². The summed E-state index contributed by atoms with van der Waals surface area (Å²) in [7, 11) is 0. The number of nitrogens with two attached hydrogens (primary N) is 1. The molecule has 30 heavy (non-hydrogen) atoms. The van der Waals surface area contributed by atoms with Crippen molar-refractivity contribution in [3.63, 3.8) is 0 Å². The zero-order valence-corrected chi connectivity index (χ0v) is 17.5. The van der Waals surface area contributed by atoms with Crippen molar-refractivity contribution in [2.24, 2.45) is 10.7 Å². The van der Waals surface area contributed by atoms with Crippen molar-refractivity contribution in [3.8, 4) is 0 Å². The largest absolute Gasteiger partial charge is 0.379 e. The fraction of sp³-hybridized carbons (Fsp3) is 0.364. The van der Waals surface area contributed by atoms with Gasteiger partial charge in [-0.25, -0.2) is 9.38 Å². The van der Waals surface area contributed by atoms with E-state index in [0.29, 0.717) is 35.2 Å². The molecule has 0 spiro atoms. The second kappa shape index (κ2) is 8.24. The smallest absolute Gasteiger partial charge is 0.232 e. The number of ether oxygens (including phenoxy) is 1. The monoisotopic (exact) mass is 430 g/mol. The van der Waals surface area contributed by atoms with E-state index in [-0.39, 0.29) is 30.1 Å². The standard InChI is InChI=1S/C22H24ClFN4O2/c1-22(12-19(29)28(21(25)27-22)16-4-3-11-30-13-16)17-5-2-6-18(20(17)23)26-15-9-7-14(24)8-10-15/h2,5-10,16,26H,3-4,11-13H2,1H3,(H2,25,27)/t16-,22-/m0/s1. The van der Waals surface area contributed by atoms with E-state index in [1.54, 1.807) is 17.0 Å². The van der Waals surface area contributed by atoms with Crippen LogP contribution >= 0.6 is 11.6 Å². The topological polar surface area (TPSA) is 80.0 Å². The van der Waals surface area contributed by atoms with Crippen LogP contribution in [0, 0.1) is 5.82 Å². The maximum absolute atomic E-state index is 13.2. The number of halogens is 2. The first kappa shape index (κ1) is 20.6. The summed E-state index contributed by atoms with van der Waals surface area (Å²) in [6.45, 7) is 3.03. The third-order valence-electron chi connectivity index (χ3n) is 5.58. The predicted molar refractivity (Wildman–Crippen MR) is 115 cm³/mol. The molecule has 0 aromatic heterocycles. The van der Waals surface area contributed by atoms with Crippen molar-refractivity contribution >= 4 is 34.8 Å². The van der Waals surface area contributed by atoms with Gasteiger partial charge in [0.05, 0.1) is 35.3 Å². The molecule has 0 bridgehead atoms. The van der Waals surface area contributed by atoms with Crippen LogP contribution in [0.4, 0.5) is 15.8 Å². The number of aliphatic imine (C=N–C) groups is 1. The SMILES string of the molecule is C[C@@]1(c2cccc(Nc3ccc(F)cc3)c2Cl)CC(=O)N([C@H]2CCCOC2)C(N)=N1. The Morgan fingerprint density at radius 3 is 2.73 bits per heavy atom. The number of nitrogens with one attached hydrogen (secondary N) is 1. The van der Waals surface area contributed by atoms with Crippen LogP contribution in [0.25, 0.3) is 0 Å². The average molecular weight is 431 g/mol. The quantitative estimate of drug-likeness (QED) is 0.763. The van der Waals surface area contributed by atoms with Crippen molar-refractivity contribution in [3.05, 3.63) is 58.9 Å². The number of carbonyl (C=O) groups is 1. The van der Waals surface area contributed by atoms with Gasteiger partial charge in [0.1, 0.15) is 5.82 Å². The normalized spacial score (nSPS) is 24.5. The van der Waals surface area contributed by atoms with Crippen molar-refractivity contribution in [2.45, 2.75) is 37.8 Å². The minimum atomic E-state index is -0.884. The number of hydrogen-bond acceptors (Lipinski definition) is 5. The molecule has 1 saturated heterocycles. The Morgan fingerprint density at radius 2 is 2.07 bits per heavy atom. The van der Waals surface area contributed by atoms with E-state index >= 15 is 0 Å². The zero-order valence-electron chi connectivity index (χ0n) is 16.7. The number of hydrogen-bond donors (Lipinski definition) is 2. The molecule has 6 nitrogen and oxygen atoms in total. The molecule has 2 aliphatic rings. The molecule has 2 atom stereocenters. The highest BCUT2D eigenvalue weighted by molar-refractivity contribution is 6.34. The van der Waals surface area contributed by atoms with Crippen LogP contribution in [-0.4, -0.2) is 36.0 Å². The summed E-state index contributed by atoms with van der Waals surface area (Å²) in [6, 6.07) is 11.4. The van der Waals surface area contributed by atoms with Crippen LogP contribution in [0.3, 0.4) is 0 Å². The second-order valence-electron chi connectivity index (χ2n) is 7.85. The van der Waals surface area contributed by atoms with Crippen molar-refractivity contribution in [2.75, 3.05) is 18.5 Å². The number of anilines is 2. The molecule has 158 valence electrons. The predicted octanol–water partition coefficient (Wildman–Crippen LogP) is 4.16. The first-order valence-electron chi connectivity index (χ1n) is 9.94. The van der Waals surface area contributed by atoms with Gasteiger partial charge in [-0.1, -0.05) is 23.7 Å². The zero-order chi connectivity index (χ0) is 21.3. The number of rotatable bonds is 4. The van der Waals surface area contributed by atoms with Gasteiger partial charge >= 0.3 is 0 Å². The van der Waals surface area contributed by atoms with Gasteiger partial charge in [0, 0.05) is 17.9 Å². The van der Waals surface area contributed by atoms with E-state index in [9.17, 15) is 9.18 Å². The Kier molecular flexibility index (Phi) is 5.66. The highest BCUT2D eigenvalue weighted by Gasteiger charge is 2.41. The Bertz CT molecular complexity index is 976. The highest BCUT2D eigenvalue weighted by atomic mass is 35.5. The number of carbonyl (C=O) groups excluding carboxylic acids is 1. The Labute approximate surface area is 179 Å². The van der Waals surface area contributed by atoms with E-state index in [1.807, 2.05) is 25.1 Å².